The van der Waals surface area contributed by atoms with Crippen molar-refractivity contribution in [3.8, 4) is 0 Å². The Hall–Kier alpha value is -0.805. The number of hydrogen-bond acceptors (Lipinski definition) is 3. The number of aromatic nitrogens is 2. The molecular weight excluding hydrogens is 275 g/mol. The zero-order valence-electron chi connectivity index (χ0n) is 14.6. The molecule has 0 bridgehead atoms. The van der Waals surface area contributed by atoms with Crippen LogP contribution in [0.5, 0.6) is 0 Å². The molecule has 2 unspecified atom stereocenters. The van der Waals surface area contributed by atoms with Crippen LogP contribution in [0.15, 0.2) is 12.4 Å². The van der Waals surface area contributed by atoms with Crippen molar-refractivity contribution in [1.82, 2.24) is 9.78 Å². The first kappa shape index (κ1) is 16.1. The second-order valence-corrected chi connectivity index (χ2v) is 8.11. The zero-order chi connectivity index (χ0) is 16.0. The van der Waals surface area contributed by atoms with Gasteiger partial charge in [-0.15, -0.1) is 0 Å². The van der Waals surface area contributed by atoms with E-state index in [0.717, 1.165) is 11.4 Å². The van der Waals surface area contributed by atoms with E-state index < -0.39 is 0 Å². The normalized spacial score (nSPS) is 31.2. The Morgan fingerprint density at radius 1 is 1.09 bits per heavy atom. The van der Waals surface area contributed by atoms with Gasteiger partial charge in [0.25, 0.3) is 0 Å². The summed E-state index contributed by atoms with van der Waals surface area (Å²) in [6.07, 6.45) is 10.5. The van der Waals surface area contributed by atoms with E-state index in [1.54, 1.807) is 0 Å². The molecular formula is C17H29BN2O2. The fraction of sp³-hybridized carbons (Fsp3) is 0.824. The van der Waals surface area contributed by atoms with Crippen molar-refractivity contribution >= 4 is 12.6 Å². The van der Waals surface area contributed by atoms with Gasteiger partial charge in [-0.2, -0.15) is 5.10 Å². The minimum Gasteiger partial charge on any atom is -0.399 e. The van der Waals surface area contributed by atoms with E-state index in [9.17, 15) is 0 Å². The van der Waals surface area contributed by atoms with Crippen molar-refractivity contribution in [2.75, 3.05) is 0 Å². The number of nitrogens with zero attached hydrogens (tertiary/aromatic N) is 2. The topological polar surface area (TPSA) is 36.3 Å². The van der Waals surface area contributed by atoms with E-state index in [0.29, 0.717) is 6.04 Å². The van der Waals surface area contributed by atoms with Gasteiger partial charge in [-0.3, -0.25) is 4.68 Å². The van der Waals surface area contributed by atoms with Crippen LogP contribution in [0.2, 0.25) is 0 Å². The Morgan fingerprint density at radius 2 is 1.77 bits per heavy atom. The van der Waals surface area contributed by atoms with E-state index in [4.69, 9.17) is 9.31 Å². The molecule has 3 rings (SSSR count). The third-order valence-corrected chi connectivity index (χ3v) is 5.75. The molecule has 1 aromatic heterocycles. The van der Waals surface area contributed by atoms with Gasteiger partial charge in [0.1, 0.15) is 0 Å². The molecule has 2 aliphatic rings. The Labute approximate surface area is 134 Å². The predicted molar refractivity (Wildman–Crippen MR) is 89.2 cm³/mol. The van der Waals surface area contributed by atoms with Crippen LogP contribution in [0, 0.1) is 5.92 Å². The minimum atomic E-state index is -0.302. The third-order valence-electron chi connectivity index (χ3n) is 5.75. The van der Waals surface area contributed by atoms with Crippen molar-refractivity contribution in [2.45, 2.75) is 84.0 Å². The molecule has 2 fully saturated rings. The zero-order valence-corrected chi connectivity index (χ0v) is 14.6. The molecule has 0 N–H and O–H groups in total. The number of rotatable bonds is 2. The van der Waals surface area contributed by atoms with Crippen LogP contribution >= 0.6 is 0 Å². The fourth-order valence-electron chi connectivity index (χ4n) is 3.39. The van der Waals surface area contributed by atoms with Crippen LogP contribution in [0.1, 0.15) is 72.8 Å². The molecule has 0 spiro atoms. The Bertz CT molecular complexity index is 510. The van der Waals surface area contributed by atoms with Crippen molar-refractivity contribution < 1.29 is 9.31 Å². The molecule has 1 aromatic rings. The van der Waals surface area contributed by atoms with Crippen LogP contribution in [0.4, 0.5) is 0 Å². The van der Waals surface area contributed by atoms with Crippen LogP contribution < -0.4 is 5.46 Å². The van der Waals surface area contributed by atoms with Crippen molar-refractivity contribution in [2.24, 2.45) is 5.92 Å². The van der Waals surface area contributed by atoms with Crippen molar-refractivity contribution in [3.63, 3.8) is 0 Å². The highest BCUT2D eigenvalue weighted by Crippen LogP contribution is 2.36. The lowest BCUT2D eigenvalue weighted by molar-refractivity contribution is 0.00578. The highest BCUT2D eigenvalue weighted by atomic mass is 16.7. The molecule has 5 heteroatoms. The maximum Gasteiger partial charge on any atom is 0.498 e. The lowest BCUT2D eigenvalue weighted by Gasteiger charge is -2.32. The summed E-state index contributed by atoms with van der Waals surface area (Å²) in [4.78, 5) is 0. The average molecular weight is 304 g/mol. The van der Waals surface area contributed by atoms with E-state index in [1.807, 2.05) is 6.20 Å². The quantitative estimate of drug-likeness (QED) is 0.621. The van der Waals surface area contributed by atoms with Gasteiger partial charge in [-0.25, -0.2) is 0 Å². The van der Waals surface area contributed by atoms with E-state index in [2.05, 4.69) is 50.6 Å². The van der Waals surface area contributed by atoms with Crippen LogP contribution in [0.3, 0.4) is 0 Å². The molecule has 0 aromatic carbocycles. The first-order chi connectivity index (χ1) is 10.3. The van der Waals surface area contributed by atoms with Crippen LogP contribution in [-0.4, -0.2) is 28.1 Å². The molecule has 122 valence electrons. The maximum atomic E-state index is 6.12. The molecule has 2 atom stereocenters. The molecule has 1 aliphatic heterocycles. The standard InChI is InChI=1S/C17H29BN2O2/c1-13-7-6-8-15(10-9-13)20-12-14(11-19-20)18-21-16(2,3)17(4,5)22-18/h11-13,15H,6-10H2,1-5H3. The average Bonchev–Trinajstić information content (AvgIpc) is 2.90. The molecule has 0 amide bonds. The Kier molecular flexibility index (Phi) is 4.15. The molecule has 22 heavy (non-hydrogen) atoms. The highest BCUT2D eigenvalue weighted by molar-refractivity contribution is 6.61. The molecule has 4 nitrogen and oxygen atoms in total. The molecule has 2 heterocycles. The summed E-state index contributed by atoms with van der Waals surface area (Å²) >= 11 is 0. The summed E-state index contributed by atoms with van der Waals surface area (Å²) in [5.74, 6) is 0.850. The van der Waals surface area contributed by atoms with Gasteiger partial charge >= 0.3 is 7.12 Å². The van der Waals surface area contributed by atoms with Gasteiger partial charge in [0.15, 0.2) is 0 Å². The van der Waals surface area contributed by atoms with Gasteiger partial charge in [0.2, 0.25) is 0 Å². The largest absolute Gasteiger partial charge is 0.498 e. The van der Waals surface area contributed by atoms with Gasteiger partial charge in [-0.05, 0) is 52.9 Å². The van der Waals surface area contributed by atoms with Crippen LogP contribution in [0.25, 0.3) is 0 Å². The van der Waals surface area contributed by atoms with E-state index in [-0.39, 0.29) is 18.3 Å². The lowest BCUT2D eigenvalue weighted by atomic mass is 9.82. The Morgan fingerprint density at radius 3 is 2.45 bits per heavy atom. The van der Waals surface area contributed by atoms with Crippen molar-refractivity contribution in [3.05, 3.63) is 12.4 Å². The summed E-state index contributed by atoms with van der Waals surface area (Å²) in [6, 6.07) is 0.529. The maximum absolute atomic E-state index is 6.12. The van der Waals surface area contributed by atoms with Gasteiger partial charge in [0, 0.05) is 17.9 Å². The molecule has 1 aliphatic carbocycles. The molecule has 1 saturated heterocycles. The smallest absolute Gasteiger partial charge is 0.399 e. The first-order valence-electron chi connectivity index (χ1n) is 8.68. The fourth-order valence-corrected chi connectivity index (χ4v) is 3.39. The summed E-state index contributed by atoms with van der Waals surface area (Å²) in [5, 5.41) is 4.60. The molecule has 0 radical (unpaired) electrons. The van der Waals surface area contributed by atoms with Crippen molar-refractivity contribution in [1.29, 1.82) is 0 Å². The second-order valence-electron chi connectivity index (χ2n) is 8.11. The van der Waals surface area contributed by atoms with Gasteiger partial charge in [-0.1, -0.05) is 19.8 Å². The lowest BCUT2D eigenvalue weighted by Crippen LogP contribution is -2.41. The molecule has 1 saturated carbocycles. The summed E-state index contributed by atoms with van der Waals surface area (Å²) in [6.45, 7) is 10.7. The number of hydrogen-bond donors (Lipinski definition) is 0. The van der Waals surface area contributed by atoms with Gasteiger partial charge < -0.3 is 9.31 Å². The SMILES string of the molecule is CC1CCCC(n2cc(B3OC(C)(C)C(C)(C)O3)cn2)CC1. The first-order valence-corrected chi connectivity index (χ1v) is 8.68. The monoisotopic (exact) mass is 304 g/mol. The second kappa shape index (κ2) is 5.68. The predicted octanol–water partition coefficient (Wildman–Crippen LogP) is 3.32. The summed E-state index contributed by atoms with van der Waals surface area (Å²) in [7, 11) is -0.302. The summed E-state index contributed by atoms with van der Waals surface area (Å²) < 4.78 is 14.4. The highest BCUT2D eigenvalue weighted by Gasteiger charge is 2.52. The summed E-state index contributed by atoms with van der Waals surface area (Å²) in [5.41, 5.74) is 0.450. The van der Waals surface area contributed by atoms with Gasteiger partial charge in [0.05, 0.1) is 17.2 Å². The van der Waals surface area contributed by atoms with E-state index >= 15 is 0 Å². The minimum absolute atomic E-state index is 0.294. The van der Waals surface area contributed by atoms with E-state index in [1.165, 1.54) is 32.1 Å². The Balaban J connectivity index is 1.72. The third kappa shape index (κ3) is 2.98. The van der Waals surface area contributed by atoms with Crippen LogP contribution in [-0.2, 0) is 9.31 Å².